The summed E-state index contributed by atoms with van der Waals surface area (Å²) in [5.41, 5.74) is -0.359. The Morgan fingerprint density at radius 2 is 1.33 bits per heavy atom. The third kappa shape index (κ3) is 2.11. The molecule has 1 saturated carbocycles. The van der Waals surface area contributed by atoms with Crippen LogP contribution in [-0.2, 0) is 36.7 Å². The third-order valence-electron chi connectivity index (χ3n) is 5.23. The highest BCUT2D eigenvalue weighted by Gasteiger charge is 2.64. The Morgan fingerprint density at radius 1 is 0.917 bits per heavy atom. The average Bonchev–Trinajstić information content (AvgIpc) is 2.64. The summed E-state index contributed by atoms with van der Waals surface area (Å²) in [4.78, 5) is 38.7. The normalized spacial score (nSPS) is 28.6. The molecule has 2 atom stereocenters. The van der Waals surface area contributed by atoms with E-state index >= 15 is 0 Å². The largest absolute Gasteiger partial charge is 0.468 e. The van der Waals surface area contributed by atoms with E-state index in [0.717, 1.165) is 11.1 Å². The molecule has 3 rings (SSSR count). The molecular formula is C19H20O5. The van der Waals surface area contributed by atoms with Crippen LogP contribution in [0.15, 0.2) is 36.4 Å². The fourth-order valence-electron chi connectivity index (χ4n) is 4.24. The lowest BCUT2D eigenvalue weighted by Crippen LogP contribution is -2.56. The molecule has 0 saturated heterocycles. The number of allylic oxidation sites excluding steroid dienone is 1. The number of carbonyl (C=O) groups is 3. The lowest BCUT2D eigenvalue weighted by Gasteiger charge is -2.42. The smallest absolute Gasteiger partial charge is 0.320 e. The highest BCUT2D eigenvalue weighted by molar-refractivity contribution is 6.16. The van der Waals surface area contributed by atoms with Crippen molar-refractivity contribution in [3.8, 4) is 0 Å². The molecule has 126 valence electrons. The zero-order chi connectivity index (χ0) is 17.5. The van der Waals surface area contributed by atoms with E-state index in [9.17, 15) is 14.4 Å². The first-order chi connectivity index (χ1) is 11.4. The number of carbonyl (C=O) groups excluding carboxylic acids is 3. The van der Waals surface area contributed by atoms with Crippen molar-refractivity contribution in [3.63, 3.8) is 0 Å². The Labute approximate surface area is 140 Å². The van der Waals surface area contributed by atoms with Crippen molar-refractivity contribution in [2.24, 2.45) is 10.8 Å². The van der Waals surface area contributed by atoms with E-state index in [1.807, 2.05) is 24.3 Å². The second-order valence-corrected chi connectivity index (χ2v) is 6.70. The summed E-state index contributed by atoms with van der Waals surface area (Å²) >= 11 is 0. The van der Waals surface area contributed by atoms with Crippen LogP contribution in [0.2, 0.25) is 0 Å². The Hall–Kier alpha value is -2.43. The van der Waals surface area contributed by atoms with Crippen molar-refractivity contribution in [2.45, 2.75) is 25.7 Å². The first-order valence-electron chi connectivity index (χ1n) is 7.85. The van der Waals surface area contributed by atoms with Crippen LogP contribution in [0, 0.1) is 10.8 Å². The van der Waals surface area contributed by atoms with Gasteiger partial charge < -0.3 is 9.47 Å². The molecular weight excluding hydrogens is 308 g/mol. The Kier molecular flexibility index (Phi) is 3.82. The van der Waals surface area contributed by atoms with Crippen molar-refractivity contribution in [1.82, 2.24) is 0 Å². The van der Waals surface area contributed by atoms with Crippen molar-refractivity contribution in [2.75, 3.05) is 14.2 Å². The summed E-state index contributed by atoms with van der Waals surface area (Å²) in [6.07, 6.45) is 0.829. The van der Waals surface area contributed by atoms with Crippen molar-refractivity contribution >= 4 is 17.7 Å². The number of ether oxygens (including phenoxy) is 2. The summed E-state index contributed by atoms with van der Waals surface area (Å²) in [5, 5.41) is 0. The maximum Gasteiger partial charge on any atom is 0.320 e. The number of methoxy groups -OCH3 is 2. The van der Waals surface area contributed by atoms with E-state index in [0.29, 0.717) is 5.57 Å². The van der Waals surface area contributed by atoms with Gasteiger partial charge in [-0.25, -0.2) is 0 Å². The second-order valence-electron chi connectivity index (χ2n) is 6.70. The van der Waals surface area contributed by atoms with Crippen LogP contribution in [0.1, 0.15) is 24.0 Å². The molecule has 0 aromatic heterocycles. The highest BCUT2D eigenvalue weighted by Crippen LogP contribution is 2.52. The van der Waals surface area contributed by atoms with Crippen LogP contribution in [-0.4, -0.2) is 31.9 Å². The summed E-state index contributed by atoms with van der Waals surface area (Å²) in [5.74, 6) is -1.63. The molecule has 1 aromatic carbocycles. The van der Waals surface area contributed by atoms with Gasteiger partial charge in [-0.15, -0.1) is 0 Å². The Balaban J connectivity index is 2.29. The Morgan fingerprint density at radius 3 is 1.71 bits per heavy atom. The molecule has 0 heterocycles. The molecule has 2 aliphatic carbocycles. The first kappa shape index (κ1) is 16.4. The van der Waals surface area contributed by atoms with Crippen molar-refractivity contribution in [3.05, 3.63) is 47.5 Å². The molecule has 0 spiro atoms. The molecule has 1 aromatic rings. The number of fused-ring (bicyclic) bond motifs is 3. The number of hydrogen-bond acceptors (Lipinski definition) is 5. The zero-order valence-electron chi connectivity index (χ0n) is 13.9. The van der Waals surface area contributed by atoms with Crippen LogP contribution >= 0.6 is 0 Å². The van der Waals surface area contributed by atoms with E-state index in [-0.39, 0.29) is 25.7 Å². The van der Waals surface area contributed by atoms with E-state index in [2.05, 4.69) is 6.58 Å². The fraction of sp³-hybridized carbons (Fsp3) is 0.421. The van der Waals surface area contributed by atoms with E-state index in [4.69, 9.17) is 9.47 Å². The second kappa shape index (κ2) is 5.58. The number of ketones is 1. The van der Waals surface area contributed by atoms with Crippen LogP contribution in [0.25, 0.3) is 0 Å². The monoisotopic (exact) mass is 328 g/mol. The van der Waals surface area contributed by atoms with E-state index < -0.39 is 28.6 Å². The maximum atomic E-state index is 13.4. The van der Waals surface area contributed by atoms with Crippen LogP contribution in [0.3, 0.4) is 0 Å². The van der Waals surface area contributed by atoms with Gasteiger partial charge in [0, 0.05) is 0 Å². The quantitative estimate of drug-likeness (QED) is 0.472. The summed E-state index contributed by atoms with van der Waals surface area (Å²) in [6, 6.07) is 7.51. The molecule has 2 aliphatic rings. The molecule has 0 N–H and O–H groups in total. The van der Waals surface area contributed by atoms with E-state index in [1.165, 1.54) is 14.2 Å². The third-order valence-corrected chi connectivity index (χ3v) is 5.23. The van der Waals surface area contributed by atoms with Crippen molar-refractivity contribution in [1.29, 1.82) is 0 Å². The number of Topliss-reactive ketones (excluding diaryl/α,β-unsaturated/α-hetero) is 1. The van der Waals surface area contributed by atoms with Crippen molar-refractivity contribution < 1.29 is 23.9 Å². The fourth-order valence-corrected chi connectivity index (χ4v) is 4.24. The summed E-state index contributed by atoms with van der Waals surface area (Å²) in [7, 11) is 2.52. The van der Waals surface area contributed by atoms with E-state index in [1.54, 1.807) is 0 Å². The topological polar surface area (TPSA) is 69.7 Å². The molecule has 2 bridgehead atoms. The van der Waals surface area contributed by atoms with Gasteiger partial charge in [0.15, 0.2) is 5.78 Å². The van der Waals surface area contributed by atoms with Gasteiger partial charge in [0.05, 0.1) is 14.2 Å². The number of hydrogen-bond donors (Lipinski definition) is 0. The van der Waals surface area contributed by atoms with Gasteiger partial charge in [0.25, 0.3) is 0 Å². The molecule has 0 unspecified atom stereocenters. The molecule has 5 nitrogen and oxygen atoms in total. The Bertz CT molecular complexity index is 691. The minimum Gasteiger partial charge on any atom is -0.468 e. The highest BCUT2D eigenvalue weighted by atomic mass is 16.5. The lowest BCUT2D eigenvalue weighted by molar-refractivity contribution is -0.170. The predicted octanol–water partition coefficient (Wildman–Crippen LogP) is 2.02. The molecule has 5 heteroatoms. The van der Waals surface area contributed by atoms with Gasteiger partial charge in [0.2, 0.25) is 0 Å². The number of esters is 2. The zero-order valence-corrected chi connectivity index (χ0v) is 13.9. The van der Waals surface area contributed by atoms with Gasteiger partial charge in [-0.3, -0.25) is 14.4 Å². The number of benzene rings is 1. The molecule has 24 heavy (non-hydrogen) atoms. The molecule has 0 amide bonds. The van der Waals surface area contributed by atoms with Crippen LogP contribution in [0.4, 0.5) is 0 Å². The molecule has 0 radical (unpaired) electrons. The van der Waals surface area contributed by atoms with Gasteiger partial charge in [-0.1, -0.05) is 36.4 Å². The van der Waals surface area contributed by atoms with Gasteiger partial charge in [0.1, 0.15) is 10.8 Å². The minimum atomic E-state index is -1.41. The molecule has 0 aliphatic heterocycles. The SMILES string of the molecule is C=C1C[C@@]2(C(=O)OC)Cc3ccccc3C[C@@](C(=O)OC)(C1)C2=O. The number of rotatable bonds is 2. The molecule has 1 fully saturated rings. The van der Waals surface area contributed by atoms with Gasteiger partial charge >= 0.3 is 11.9 Å². The lowest BCUT2D eigenvalue weighted by atomic mass is 9.58. The standard InChI is InChI=1S/C19H20O5/c1-12-8-18(16(21)23-2)10-13-6-4-5-7-14(13)11-19(9-12,15(18)20)17(22)24-3/h4-7H,1,8-11H2,2-3H3/t18-,19+. The predicted molar refractivity (Wildman–Crippen MR) is 86.1 cm³/mol. The summed E-state index contributed by atoms with van der Waals surface area (Å²) < 4.78 is 9.92. The maximum absolute atomic E-state index is 13.4. The minimum absolute atomic E-state index is 0.200. The van der Waals surface area contributed by atoms with Gasteiger partial charge in [-0.2, -0.15) is 0 Å². The average molecular weight is 328 g/mol. The summed E-state index contributed by atoms with van der Waals surface area (Å²) in [6.45, 7) is 3.99. The van der Waals surface area contributed by atoms with Crippen LogP contribution < -0.4 is 0 Å². The van der Waals surface area contributed by atoms with Gasteiger partial charge in [-0.05, 0) is 36.8 Å². The van der Waals surface area contributed by atoms with Crippen LogP contribution in [0.5, 0.6) is 0 Å². The first-order valence-corrected chi connectivity index (χ1v) is 7.85.